The average Bonchev–Trinajstić information content (AvgIpc) is 3.49. The number of benzene rings is 2. The van der Waals surface area contributed by atoms with E-state index in [0.29, 0.717) is 24.9 Å². The normalized spacial score (nSPS) is 15.9. The molecule has 2 aromatic carbocycles. The summed E-state index contributed by atoms with van der Waals surface area (Å²) in [5, 5.41) is 20.0. The second-order valence-corrected chi connectivity index (χ2v) is 10.6. The Labute approximate surface area is 214 Å². The van der Waals surface area contributed by atoms with E-state index in [1.54, 1.807) is 11.3 Å². The minimum absolute atomic E-state index is 0.259. The summed E-state index contributed by atoms with van der Waals surface area (Å²) in [5.74, 6) is 1.90. The van der Waals surface area contributed by atoms with Crippen LogP contribution in [0.3, 0.4) is 0 Å². The molecule has 190 valence electrons. The van der Waals surface area contributed by atoms with E-state index >= 15 is 0 Å². The van der Waals surface area contributed by atoms with Crippen LogP contribution in [0.4, 0.5) is 5.69 Å². The van der Waals surface area contributed by atoms with Crippen LogP contribution in [0.15, 0.2) is 46.9 Å². The Morgan fingerprint density at radius 2 is 1.81 bits per heavy atom. The van der Waals surface area contributed by atoms with Gasteiger partial charge in [0.15, 0.2) is 0 Å². The highest BCUT2D eigenvalue weighted by Crippen LogP contribution is 2.26. The molecule has 1 fully saturated rings. The van der Waals surface area contributed by atoms with E-state index in [1.807, 2.05) is 63.5 Å². The third-order valence-electron chi connectivity index (χ3n) is 6.30. The number of rotatable bonds is 9. The van der Waals surface area contributed by atoms with Gasteiger partial charge in [0.25, 0.3) is 0 Å². The van der Waals surface area contributed by atoms with E-state index in [4.69, 9.17) is 9.15 Å². The van der Waals surface area contributed by atoms with Gasteiger partial charge in [-0.3, -0.25) is 9.80 Å². The molecule has 0 spiro atoms. The minimum Gasteiger partial charge on any atom is -0.491 e. The van der Waals surface area contributed by atoms with Crippen molar-refractivity contribution < 1.29 is 14.3 Å². The van der Waals surface area contributed by atoms with Gasteiger partial charge in [-0.25, -0.2) is 4.98 Å². The second kappa shape index (κ2) is 10.9. The molecule has 3 heterocycles. The number of hydrogen-bond donors (Lipinski definition) is 1. The molecule has 0 saturated carbocycles. The van der Waals surface area contributed by atoms with Crippen LogP contribution in [0.25, 0.3) is 21.7 Å². The van der Waals surface area contributed by atoms with Gasteiger partial charge in [0.2, 0.25) is 11.8 Å². The lowest BCUT2D eigenvalue weighted by Crippen LogP contribution is -2.48. The quantitative estimate of drug-likeness (QED) is 0.366. The third-order valence-corrected chi connectivity index (χ3v) is 7.25. The predicted molar refractivity (Wildman–Crippen MR) is 142 cm³/mol. The summed E-state index contributed by atoms with van der Waals surface area (Å²) in [6.45, 7) is 6.96. The molecule has 1 aliphatic heterocycles. The molecule has 0 aliphatic carbocycles. The number of aliphatic hydroxyl groups excluding tert-OH is 1. The fourth-order valence-electron chi connectivity index (χ4n) is 4.31. The number of aryl methyl sites for hydroxylation is 1. The van der Waals surface area contributed by atoms with E-state index in [9.17, 15) is 5.11 Å². The number of thiazole rings is 1. The maximum absolute atomic E-state index is 10.5. The van der Waals surface area contributed by atoms with Crippen LogP contribution in [0, 0.1) is 6.92 Å². The summed E-state index contributed by atoms with van der Waals surface area (Å²) in [6, 6.07) is 14.0. The van der Waals surface area contributed by atoms with Gasteiger partial charge in [0, 0.05) is 64.1 Å². The van der Waals surface area contributed by atoms with Crippen molar-refractivity contribution in [1.82, 2.24) is 25.0 Å². The van der Waals surface area contributed by atoms with Gasteiger partial charge in [0.1, 0.15) is 18.5 Å². The molecule has 9 nitrogen and oxygen atoms in total. The van der Waals surface area contributed by atoms with Crippen molar-refractivity contribution in [3.8, 4) is 17.2 Å². The summed E-state index contributed by atoms with van der Waals surface area (Å²) in [6.07, 6.45) is -0.554. The molecule has 36 heavy (non-hydrogen) atoms. The number of aliphatic hydroxyl groups is 1. The highest BCUT2D eigenvalue weighted by atomic mass is 32.1. The van der Waals surface area contributed by atoms with Gasteiger partial charge in [-0.2, -0.15) is 0 Å². The minimum atomic E-state index is -0.554. The lowest BCUT2D eigenvalue weighted by molar-refractivity contribution is 0.0431. The van der Waals surface area contributed by atoms with E-state index in [0.717, 1.165) is 58.4 Å². The van der Waals surface area contributed by atoms with Crippen LogP contribution < -0.4 is 9.64 Å². The Morgan fingerprint density at radius 3 is 2.56 bits per heavy atom. The second-order valence-electron chi connectivity index (χ2n) is 9.35. The van der Waals surface area contributed by atoms with Crippen molar-refractivity contribution in [1.29, 1.82) is 0 Å². The van der Waals surface area contributed by atoms with Crippen LogP contribution in [0.1, 0.15) is 10.9 Å². The fourth-order valence-corrected chi connectivity index (χ4v) is 5.12. The Morgan fingerprint density at radius 1 is 1.06 bits per heavy atom. The summed E-state index contributed by atoms with van der Waals surface area (Å²) < 4.78 is 12.9. The molecule has 0 amide bonds. The highest BCUT2D eigenvalue weighted by molar-refractivity contribution is 7.18. The SMILES string of the molecule is Cc1nc2cc(OC[C@H](O)CN3CCN(Cc4nnc(-c5ccc(N(C)C)cc5)o4)CC3)ccc2s1. The summed E-state index contributed by atoms with van der Waals surface area (Å²) in [7, 11) is 4.03. The van der Waals surface area contributed by atoms with Gasteiger partial charge in [-0.1, -0.05) is 0 Å². The molecule has 1 aliphatic rings. The number of hydrogen-bond acceptors (Lipinski definition) is 10. The predicted octanol–water partition coefficient (Wildman–Crippen LogP) is 3.28. The molecular weight excluding hydrogens is 476 g/mol. The van der Waals surface area contributed by atoms with Crippen LogP contribution >= 0.6 is 11.3 Å². The smallest absolute Gasteiger partial charge is 0.247 e. The Balaban J connectivity index is 1.05. The lowest BCUT2D eigenvalue weighted by Gasteiger charge is -2.34. The molecule has 1 N–H and O–H groups in total. The number of β-amino-alcohol motifs (C(OH)–C–C–N with tert-alkyl or cyclic N) is 1. The monoisotopic (exact) mass is 508 g/mol. The van der Waals surface area contributed by atoms with Crippen LogP contribution in [0.2, 0.25) is 0 Å². The molecule has 1 atom stereocenters. The molecule has 1 saturated heterocycles. The average molecular weight is 509 g/mol. The first kappa shape index (κ1) is 24.6. The molecule has 0 unspecified atom stereocenters. The Kier molecular flexibility index (Phi) is 7.47. The zero-order valence-electron chi connectivity index (χ0n) is 20.9. The van der Waals surface area contributed by atoms with Gasteiger partial charge >= 0.3 is 0 Å². The zero-order chi connectivity index (χ0) is 25.1. The maximum atomic E-state index is 10.5. The zero-order valence-corrected chi connectivity index (χ0v) is 21.7. The van der Waals surface area contributed by atoms with Crippen molar-refractivity contribution in [3.05, 3.63) is 53.4 Å². The first-order valence-electron chi connectivity index (χ1n) is 12.2. The third kappa shape index (κ3) is 6.01. The largest absolute Gasteiger partial charge is 0.491 e. The first-order valence-corrected chi connectivity index (χ1v) is 13.0. The van der Waals surface area contributed by atoms with Crippen LogP contribution in [-0.2, 0) is 6.54 Å². The van der Waals surface area contributed by atoms with E-state index in [1.165, 1.54) is 0 Å². The van der Waals surface area contributed by atoms with Crippen LogP contribution in [0.5, 0.6) is 5.75 Å². The highest BCUT2D eigenvalue weighted by Gasteiger charge is 2.21. The number of fused-ring (bicyclic) bond motifs is 1. The van der Waals surface area contributed by atoms with Crippen molar-refractivity contribution in [2.45, 2.75) is 19.6 Å². The molecule has 0 radical (unpaired) electrons. The van der Waals surface area contributed by atoms with Gasteiger partial charge < -0.3 is 19.2 Å². The van der Waals surface area contributed by atoms with E-state index in [-0.39, 0.29) is 6.61 Å². The van der Waals surface area contributed by atoms with E-state index in [2.05, 4.69) is 29.9 Å². The summed E-state index contributed by atoms with van der Waals surface area (Å²) in [4.78, 5) is 11.1. The van der Waals surface area contributed by atoms with Crippen molar-refractivity contribution in [2.24, 2.45) is 0 Å². The number of nitrogens with zero attached hydrogens (tertiary/aromatic N) is 6. The van der Waals surface area contributed by atoms with Crippen LogP contribution in [-0.4, -0.2) is 89.6 Å². The van der Waals surface area contributed by atoms with E-state index < -0.39 is 6.10 Å². The molecule has 0 bridgehead atoms. The summed E-state index contributed by atoms with van der Waals surface area (Å²) in [5.41, 5.74) is 2.98. The lowest BCUT2D eigenvalue weighted by atomic mass is 10.2. The molecule has 2 aromatic heterocycles. The molecule has 4 aromatic rings. The van der Waals surface area contributed by atoms with Crippen molar-refractivity contribution in [2.75, 3.05) is 58.3 Å². The molecular formula is C26H32N6O3S. The number of piperazine rings is 1. The maximum Gasteiger partial charge on any atom is 0.247 e. The Bertz CT molecular complexity index is 1280. The topological polar surface area (TPSA) is 91.0 Å². The van der Waals surface area contributed by atoms with Gasteiger partial charge in [-0.05, 0) is 43.3 Å². The summed E-state index contributed by atoms with van der Waals surface area (Å²) >= 11 is 1.67. The first-order chi connectivity index (χ1) is 17.4. The Hall–Kier alpha value is -3.05. The van der Waals surface area contributed by atoms with Gasteiger partial charge in [0.05, 0.1) is 21.8 Å². The molecule has 5 rings (SSSR count). The molecule has 10 heteroatoms. The standard InChI is InChI=1S/C26H32N6O3S/c1-18-27-23-14-22(8-9-24(23)36-18)34-17-21(33)15-31-10-12-32(13-11-31)16-25-28-29-26(35-25)19-4-6-20(7-5-19)30(2)3/h4-9,14,21,33H,10-13,15-17H2,1-3H3/t21-/m1/s1. The van der Waals surface area contributed by atoms with Crippen molar-refractivity contribution in [3.63, 3.8) is 0 Å². The van der Waals surface area contributed by atoms with Gasteiger partial charge in [-0.15, -0.1) is 21.5 Å². The number of aromatic nitrogens is 3. The number of ether oxygens (including phenoxy) is 1. The fraction of sp³-hybridized carbons (Fsp3) is 0.423. The van der Waals surface area contributed by atoms with Crippen molar-refractivity contribution >= 4 is 27.2 Å². The number of anilines is 1.